The first-order valence-electron chi connectivity index (χ1n) is 9.59. The molecule has 0 saturated carbocycles. The van der Waals surface area contributed by atoms with Crippen LogP contribution in [0.15, 0.2) is 21.9 Å². The first kappa shape index (κ1) is 29.2. The van der Waals surface area contributed by atoms with Gasteiger partial charge in [0, 0.05) is 47.3 Å². The molecule has 1 saturated heterocycles. The van der Waals surface area contributed by atoms with Crippen molar-refractivity contribution in [2.75, 3.05) is 13.2 Å². The van der Waals surface area contributed by atoms with Gasteiger partial charge in [0.1, 0.15) is 12.2 Å². The third kappa shape index (κ3) is 8.75. The van der Waals surface area contributed by atoms with Crippen LogP contribution in [-0.4, -0.2) is 65.8 Å². The summed E-state index contributed by atoms with van der Waals surface area (Å²) in [5, 5.41) is 10.0. The van der Waals surface area contributed by atoms with Crippen molar-refractivity contribution in [1.29, 1.82) is 0 Å². The Balaban J connectivity index is 0.000000801. The Morgan fingerprint density at radius 1 is 1.33 bits per heavy atom. The zero-order valence-electron chi connectivity index (χ0n) is 18.0. The quantitative estimate of drug-likeness (QED) is 0.265. The second-order valence-electron chi connectivity index (χ2n) is 7.43. The number of nitrogens with one attached hydrogen (secondary N) is 1. The molecule has 0 unspecified atom stereocenters. The summed E-state index contributed by atoms with van der Waals surface area (Å²) >= 11 is 0. The van der Waals surface area contributed by atoms with Crippen LogP contribution >= 0.6 is 0 Å². The van der Waals surface area contributed by atoms with E-state index in [1.54, 1.807) is 13.8 Å². The minimum absolute atomic E-state index is 0. The zero-order valence-corrected chi connectivity index (χ0v) is 21.0. The molecule has 8 nitrogen and oxygen atoms in total. The summed E-state index contributed by atoms with van der Waals surface area (Å²) in [6.45, 7) is 9.45. The van der Waals surface area contributed by atoms with Crippen molar-refractivity contribution in [3.05, 3.63) is 39.5 Å². The number of hydrogen-bond donors (Lipinski definition) is 2. The molecule has 2 rings (SSSR count). The van der Waals surface area contributed by atoms with E-state index in [0.717, 1.165) is 23.8 Å². The summed E-state index contributed by atoms with van der Waals surface area (Å²) in [4.78, 5) is 24.8. The van der Waals surface area contributed by atoms with Gasteiger partial charge >= 0.3 is 5.69 Å². The Labute approximate surface area is 192 Å². The van der Waals surface area contributed by atoms with Crippen molar-refractivity contribution in [2.24, 2.45) is 0 Å². The van der Waals surface area contributed by atoms with E-state index in [2.05, 4.69) is 0 Å². The molecular weight excluding hydrogens is 566 g/mol. The minimum Gasteiger partial charge on any atom is -0.411 e. The van der Waals surface area contributed by atoms with Crippen LogP contribution in [0.2, 0.25) is 6.32 Å². The maximum Gasteiger partial charge on any atom is 0.330 e. The van der Waals surface area contributed by atoms with Gasteiger partial charge in [0.2, 0.25) is 0 Å². The van der Waals surface area contributed by atoms with E-state index in [4.69, 9.17) is 22.1 Å². The Morgan fingerprint density at radius 2 is 1.93 bits per heavy atom. The van der Waals surface area contributed by atoms with Crippen molar-refractivity contribution in [2.45, 2.75) is 77.3 Å². The third-order valence-corrected chi connectivity index (χ3v) is 4.13. The molecule has 2 radical (unpaired) electrons. The molecule has 30 heavy (non-hydrogen) atoms. The van der Waals surface area contributed by atoms with E-state index < -0.39 is 35.4 Å². The predicted octanol–water partition coefficient (Wildman–Crippen LogP) is 1.15. The van der Waals surface area contributed by atoms with Gasteiger partial charge in [-0.15, -0.1) is 0 Å². The number of aromatic nitrogens is 2. The number of ether oxygens (including phenoxy) is 3. The number of nitrogens with zero attached hydrogens (tertiary/aromatic N) is 1. The second kappa shape index (κ2) is 13.6. The molecule has 2 heterocycles. The minimum atomic E-state index is -2.19. The van der Waals surface area contributed by atoms with Crippen molar-refractivity contribution >= 4 is 7.85 Å². The fourth-order valence-electron chi connectivity index (χ4n) is 2.58. The summed E-state index contributed by atoms with van der Waals surface area (Å²) in [6, 6.07) is 1.09. The monoisotopic (exact) mass is 597 g/mol. The van der Waals surface area contributed by atoms with Crippen LogP contribution in [0.1, 0.15) is 40.8 Å². The van der Waals surface area contributed by atoms with Crippen molar-refractivity contribution in [3.63, 3.8) is 0 Å². The number of hydrogen-bond acceptors (Lipinski definition) is 6. The van der Waals surface area contributed by atoms with Gasteiger partial charge in [0.15, 0.2) is 11.9 Å². The van der Waals surface area contributed by atoms with Gasteiger partial charge in [0.25, 0.3) is 5.56 Å². The third-order valence-electron chi connectivity index (χ3n) is 4.13. The summed E-state index contributed by atoms with van der Waals surface area (Å²) in [6.07, 6.45) is 0.192. The Kier molecular flexibility index (Phi) is 13.2. The maximum absolute atomic E-state index is 14.7. The summed E-state index contributed by atoms with van der Waals surface area (Å²) in [7, 11) is 5.18. The summed E-state index contributed by atoms with van der Waals surface area (Å²) < 4.78 is 31.6. The first-order chi connectivity index (χ1) is 13.5. The number of aliphatic hydroxyl groups excluding tert-OH is 1. The van der Waals surface area contributed by atoms with Gasteiger partial charge in [0.05, 0.1) is 12.7 Å². The van der Waals surface area contributed by atoms with E-state index in [9.17, 15) is 19.1 Å². The number of aromatic amines is 1. The first-order valence-corrected chi connectivity index (χ1v) is 9.59. The number of alkyl halides is 1. The number of H-pyrrole nitrogens is 1. The maximum atomic E-state index is 14.7. The molecule has 2 N–H and O–H groups in total. The smallest absolute Gasteiger partial charge is 0.330 e. The fourth-order valence-corrected chi connectivity index (χ4v) is 2.58. The van der Waals surface area contributed by atoms with E-state index in [-0.39, 0.29) is 33.8 Å². The largest absolute Gasteiger partial charge is 0.411 e. The van der Waals surface area contributed by atoms with Crippen LogP contribution in [0.5, 0.6) is 0 Å². The van der Waals surface area contributed by atoms with Crippen LogP contribution < -0.4 is 11.2 Å². The molecule has 0 bridgehead atoms. The van der Waals surface area contributed by atoms with E-state index in [1.165, 1.54) is 0 Å². The summed E-state index contributed by atoms with van der Waals surface area (Å²) in [5.41, 5.74) is -3.57. The van der Waals surface area contributed by atoms with Crippen LogP contribution in [0.4, 0.5) is 4.39 Å². The van der Waals surface area contributed by atoms with Gasteiger partial charge in [-0.05, 0) is 34.6 Å². The molecule has 1 aliphatic rings. The Bertz CT molecular complexity index is 727. The van der Waals surface area contributed by atoms with Gasteiger partial charge in [-0.3, -0.25) is 14.3 Å². The van der Waals surface area contributed by atoms with Crippen molar-refractivity contribution in [1.82, 2.24) is 9.55 Å². The Hall–Kier alpha value is -0.797. The molecule has 0 amide bonds. The molecule has 0 aromatic carbocycles. The molecule has 1 aliphatic heterocycles. The second-order valence-corrected chi connectivity index (χ2v) is 7.43. The fraction of sp³-hybridized carbons (Fsp3) is 0.737. The number of halogens is 1. The van der Waals surface area contributed by atoms with Gasteiger partial charge in [-0.1, -0.05) is 6.61 Å². The molecule has 1 aromatic rings. The van der Waals surface area contributed by atoms with Crippen LogP contribution in [-0.2, 0) is 35.3 Å². The standard InChI is InChI=1S/C13H19FN2O5.C6H12BO.W/c1-7(2)20-6-8-10(18)13(3,14)11(21-8)16-5-4-9(17)15-12(16)19;1-6(2)8-5-3-4-7;/h4-5,7-8,10-11,18H,6H2,1-3H3,(H,15,17,19);3,6H,4-5H2,1-2H3;/q;-1;/t8-,10-,11-,13-;;/m1../s1. The topological polar surface area (TPSA) is 103 Å². The van der Waals surface area contributed by atoms with E-state index >= 15 is 0 Å². The van der Waals surface area contributed by atoms with Crippen molar-refractivity contribution in [3.8, 4) is 0 Å². The average Bonchev–Trinajstić information content (AvgIpc) is 2.84. The van der Waals surface area contributed by atoms with E-state index in [0.29, 0.717) is 19.0 Å². The van der Waals surface area contributed by atoms with Crippen molar-refractivity contribution < 1.29 is 44.8 Å². The molecule has 0 spiro atoms. The number of rotatable bonds is 8. The normalized spacial score (nSPS) is 25.7. The SMILES string of the molecule is CC(C)OC[C@H]1O[C@@H](n2ccc(=O)[nH]c2=O)[C@](C)(F)[C@@H]1O.[B]C[CH-]COC(C)C.[W]. The Morgan fingerprint density at radius 3 is 2.43 bits per heavy atom. The molecule has 1 aromatic heterocycles. The van der Waals surface area contributed by atoms with Crippen LogP contribution in [0, 0.1) is 6.42 Å². The van der Waals surface area contributed by atoms with Gasteiger partial charge < -0.3 is 25.7 Å². The average molecular weight is 597 g/mol. The molecule has 170 valence electrons. The molecule has 0 aliphatic carbocycles. The summed E-state index contributed by atoms with van der Waals surface area (Å²) in [5.74, 6) is 0. The zero-order chi connectivity index (χ0) is 22.2. The molecular formula is C19H31BFN2O6W-. The molecule has 4 atom stereocenters. The molecule has 11 heteroatoms. The van der Waals surface area contributed by atoms with Gasteiger partial charge in [-0.2, -0.15) is 0 Å². The predicted molar refractivity (Wildman–Crippen MR) is 108 cm³/mol. The van der Waals surface area contributed by atoms with Crippen LogP contribution in [0.25, 0.3) is 0 Å². The number of aliphatic hydroxyl groups is 1. The van der Waals surface area contributed by atoms with Crippen LogP contribution in [0.3, 0.4) is 0 Å². The van der Waals surface area contributed by atoms with E-state index in [1.807, 2.05) is 25.3 Å². The van der Waals surface area contributed by atoms with Gasteiger partial charge in [-0.25, -0.2) is 15.5 Å². The molecule has 1 fully saturated rings.